The van der Waals surface area contributed by atoms with Crippen molar-refractivity contribution in [2.75, 3.05) is 12.4 Å². The van der Waals surface area contributed by atoms with Gasteiger partial charge in [-0.2, -0.15) is 13.2 Å². The molecule has 0 radical (unpaired) electrons. The number of methoxy groups -OCH3 is 1. The van der Waals surface area contributed by atoms with Gasteiger partial charge < -0.3 is 10.1 Å². The number of anilines is 1. The predicted octanol–water partition coefficient (Wildman–Crippen LogP) is 3.81. The Morgan fingerprint density at radius 1 is 1.12 bits per heavy atom. The van der Waals surface area contributed by atoms with E-state index in [-0.39, 0.29) is 23.2 Å². The quantitative estimate of drug-likeness (QED) is 0.670. The van der Waals surface area contributed by atoms with Crippen molar-refractivity contribution < 1.29 is 31.9 Å². The topological polar surface area (TPSA) is 55.4 Å². The zero-order valence-electron chi connectivity index (χ0n) is 13.0. The van der Waals surface area contributed by atoms with E-state index in [4.69, 9.17) is 0 Å². The number of esters is 1. The SMILES string of the molecule is COC(=O)c1ccc(F)c(NC(=O)Cc2cccc(C(F)(F)F)c2)c1. The van der Waals surface area contributed by atoms with Crippen molar-refractivity contribution >= 4 is 17.6 Å². The third kappa shape index (κ3) is 4.79. The monoisotopic (exact) mass is 355 g/mol. The molecule has 0 aliphatic heterocycles. The second kappa shape index (κ2) is 7.33. The molecule has 132 valence electrons. The van der Waals surface area contributed by atoms with Gasteiger partial charge in [0.1, 0.15) is 5.82 Å². The highest BCUT2D eigenvalue weighted by molar-refractivity contribution is 5.95. The van der Waals surface area contributed by atoms with Gasteiger partial charge in [0.25, 0.3) is 0 Å². The zero-order valence-corrected chi connectivity index (χ0v) is 13.0. The van der Waals surface area contributed by atoms with Crippen LogP contribution in [0, 0.1) is 5.82 Å². The molecule has 1 amide bonds. The summed E-state index contributed by atoms with van der Waals surface area (Å²) in [5.41, 5.74) is -0.994. The Morgan fingerprint density at radius 3 is 2.48 bits per heavy atom. The van der Waals surface area contributed by atoms with Crippen LogP contribution in [0.25, 0.3) is 0 Å². The second-order valence-electron chi connectivity index (χ2n) is 5.11. The molecule has 4 nitrogen and oxygen atoms in total. The van der Waals surface area contributed by atoms with Crippen LogP contribution >= 0.6 is 0 Å². The van der Waals surface area contributed by atoms with Gasteiger partial charge in [-0.15, -0.1) is 0 Å². The van der Waals surface area contributed by atoms with Gasteiger partial charge in [-0.1, -0.05) is 18.2 Å². The summed E-state index contributed by atoms with van der Waals surface area (Å²) in [5.74, 6) is -2.22. The van der Waals surface area contributed by atoms with Crippen molar-refractivity contribution in [3.8, 4) is 0 Å². The number of amides is 1. The lowest BCUT2D eigenvalue weighted by Crippen LogP contribution is -2.16. The molecule has 0 heterocycles. The van der Waals surface area contributed by atoms with E-state index in [0.717, 1.165) is 31.4 Å². The summed E-state index contributed by atoms with van der Waals surface area (Å²) >= 11 is 0. The van der Waals surface area contributed by atoms with Crippen LogP contribution < -0.4 is 5.32 Å². The van der Waals surface area contributed by atoms with Gasteiger partial charge >= 0.3 is 12.1 Å². The van der Waals surface area contributed by atoms with Gasteiger partial charge in [0, 0.05) is 0 Å². The van der Waals surface area contributed by atoms with Crippen LogP contribution in [0.1, 0.15) is 21.5 Å². The van der Waals surface area contributed by atoms with E-state index >= 15 is 0 Å². The Kier molecular flexibility index (Phi) is 5.41. The summed E-state index contributed by atoms with van der Waals surface area (Å²) in [5, 5.41) is 2.23. The lowest BCUT2D eigenvalue weighted by Gasteiger charge is -2.10. The van der Waals surface area contributed by atoms with Gasteiger partial charge in [-0.05, 0) is 29.8 Å². The Hall–Kier alpha value is -2.90. The molecule has 0 unspecified atom stereocenters. The van der Waals surface area contributed by atoms with E-state index in [1.807, 2.05) is 0 Å². The largest absolute Gasteiger partial charge is 0.465 e. The number of rotatable bonds is 4. The number of carbonyl (C=O) groups excluding carboxylic acids is 2. The van der Waals surface area contributed by atoms with Gasteiger partial charge in [0.05, 0.1) is 30.3 Å². The lowest BCUT2D eigenvalue weighted by atomic mass is 10.1. The maximum Gasteiger partial charge on any atom is 0.416 e. The number of hydrogen-bond acceptors (Lipinski definition) is 3. The van der Waals surface area contributed by atoms with Crippen LogP contribution in [0.2, 0.25) is 0 Å². The van der Waals surface area contributed by atoms with E-state index in [1.165, 1.54) is 18.2 Å². The highest BCUT2D eigenvalue weighted by atomic mass is 19.4. The molecule has 0 spiro atoms. The standard InChI is InChI=1S/C17H13F4NO3/c1-25-16(24)11-5-6-13(18)14(9-11)22-15(23)8-10-3-2-4-12(7-10)17(19,20)21/h2-7,9H,8H2,1H3,(H,22,23). The van der Waals surface area contributed by atoms with E-state index in [0.29, 0.717) is 0 Å². The highest BCUT2D eigenvalue weighted by Gasteiger charge is 2.30. The maximum atomic E-state index is 13.7. The molecule has 0 aliphatic rings. The Balaban J connectivity index is 2.14. The molecule has 0 bridgehead atoms. The minimum atomic E-state index is -4.52. The van der Waals surface area contributed by atoms with Gasteiger partial charge in [-0.25, -0.2) is 9.18 Å². The van der Waals surface area contributed by atoms with Crippen molar-refractivity contribution in [2.24, 2.45) is 0 Å². The molecule has 2 aromatic rings. The van der Waals surface area contributed by atoms with Gasteiger partial charge in [-0.3, -0.25) is 4.79 Å². The van der Waals surface area contributed by atoms with Crippen LogP contribution in [-0.4, -0.2) is 19.0 Å². The molecule has 0 atom stereocenters. The molecule has 0 saturated heterocycles. The third-order valence-corrected chi connectivity index (χ3v) is 3.28. The summed E-state index contributed by atoms with van der Waals surface area (Å²) in [7, 11) is 1.15. The fourth-order valence-electron chi connectivity index (χ4n) is 2.10. The molecule has 2 aromatic carbocycles. The van der Waals surface area contributed by atoms with E-state index in [1.54, 1.807) is 0 Å². The first-order chi connectivity index (χ1) is 11.7. The number of halogens is 4. The number of benzene rings is 2. The van der Waals surface area contributed by atoms with Crippen LogP contribution in [0.3, 0.4) is 0 Å². The van der Waals surface area contributed by atoms with Crippen LogP contribution in [-0.2, 0) is 22.1 Å². The molecule has 0 aliphatic carbocycles. The molecule has 0 aromatic heterocycles. The first-order valence-corrected chi connectivity index (χ1v) is 7.04. The summed E-state index contributed by atoms with van der Waals surface area (Å²) in [6, 6.07) is 7.53. The molecule has 0 fully saturated rings. The second-order valence-corrected chi connectivity index (χ2v) is 5.11. The van der Waals surface area contributed by atoms with E-state index < -0.39 is 29.4 Å². The van der Waals surface area contributed by atoms with Crippen LogP contribution in [0.4, 0.5) is 23.2 Å². The molecule has 8 heteroatoms. The summed E-state index contributed by atoms with van der Waals surface area (Å²) in [6.45, 7) is 0. The summed E-state index contributed by atoms with van der Waals surface area (Å²) in [4.78, 5) is 23.4. The van der Waals surface area contributed by atoms with Crippen molar-refractivity contribution in [3.63, 3.8) is 0 Å². The Bertz CT molecular complexity index is 803. The summed E-state index contributed by atoms with van der Waals surface area (Å²) < 4.78 is 56.2. The molecule has 25 heavy (non-hydrogen) atoms. The fraction of sp³-hybridized carbons (Fsp3) is 0.176. The Morgan fingerprint density at radius 2 is 1.84 bits per heavy atom. The van der Waals surface area contributed by atoms with Crippen molar-refractivity contribution in [3.05, 3.63) is 65.0 Å². The number of hydrogen-bond donors (Lipinski definition) is 1. The third-order valence-electron chi connectivity index (χ3n) is 3.28. The molecular weight excluding hydrogens is 342 g/mol. The number of nitrogens with one attached hydrogen (secondary N) is 1. The molecular formula is C17H13F4NO3. The molecule has 0 saturated carbocycles. The molecule has 2 rings (SSSR count). The van der Waals surface area contributed by atoms with Crippen molar-refractivity contribution in [1.82, 2.24) is 0 Å². The lowest BCUT2D eigenvalue weighted by molar-refractivity contribution is -0.137. The fourth-order valence-corrected chi connectivity index (χ4v) is 2.10. The minimum absolute atomic E-state index is 0.0262. The van der Waals surface area contributed by atoms with Gasteiger partial charge in [0.2, 0.25) is 5.91 Å². The number of alkyl halides is 3. The first-order valence-electron chi connectivity index (χ1n) is 7.04. The predicted molar refractivity (Wildman–Crippen MR) is 81.5 cm³/mol. The normalized spacial score (nSPS) is 11.1. The minimum Gasteiger partial charge on any atom is -0.465 e. The van der Waals surface area contributed by atoms with Crippen LogP contribution in [0.5, 0.6) is 0 Å². The average Bonchev–Trinajstić information content (AvgIpc) is 2.55. The van der Waals surface area contributed by atoms with Crippen LogP contribution in [0.15, 0.2) is 42.5 Å². The first kappa shape index (κ1) is 18.4. The zero-order chi connectivity index (χ0) is 18.6. The highest BCUT2D eigenvalue weighted by Crippen LogP contribution is 2.29. The summed E-state index contributed by atoms with van der Waals surface area (Å²) in [6.07, 6.45) is -4.90. The maximum absolute atomic E-state index is 13.7. The van der Waals surface area contributed by atoms with Crippen molar-refractivity contribution in [2.45, 2.75) is 12.6 Å². The van der Waals surface area contributed by atoms with Gasteiger partial charge in [0.15, 0.2) is 0 Å². The van der Waals surface area contributed by atoms with E-state index in [2.05, 4.69) is 10.1 Å². The van der Waals surface area contributed by atoms with E-state index in [9.17, 15) is 27.2 Å². The average molecular weight is 355 g/mol. The number of carbonyl (C=O) groups is 2. The molecule has 1 N–H and O–H groups in total. The Labute approximate surface area is 140 Å². The number of ether oxygens (including phenoxy) is 1. The smallest absolute Gasteiger partial charge is 0.416 e. The van der Waals surface area contributed by atoms with Crippen molar-refractivity contribution in [1.29, 1.82) is 0 Å².